The summed E-state index contributed by atoms with van der Waals surface area (Å²) in [6.45, 7) is 6.30. The van der Waals surface area contributed by atoms with Gasteiger partial charge in [0, 0.05) is 24.7 Å². The zero-order valence-corrected chi connectivity index (χ0v) is 10.6. The molecule has 17 heavy (non-hydrogen) atoms. The van der Waals surface area contributed by atoms with Gasteiger partial charge in [-0.2, -0.15) is 5.10 Å². The number of aromatic nitrogens is 4. The first-order valence-electron chi connectivity index (χ1n) is 5.51. The lowest BCUT2D eigenvalue weighted by Crippen LogP contribution is -2.15. The molecule has 2 heterocycles. The predicted molar refractivity (Wildman–Crippen MR) is 67.3 cm³/mol. The maximum atomic E-state index is 5.83. The van der Waals surface area contributed by atoms with Crippen LogP contribution in [0.15, 0.2) is 18.3 Å². The molecule has 0 spiro atoms. The summed E-state index contributed by atoms with van der Waals surface area (Å²) < 4.78 is 1.74. The van der Waals surface area contributed by atoms with Crippen molar-refractivity contribution < 1.29 is 0 Å². The summed E-state index contributed by atoms with van der Waals surface area (Å²) >= 11 is 0. The number of aryl methyl sites for hydroxylation is 1. The molecule has 0 radical (unpaired) electrons. The van der Waals surface area contributed by atoms with Crippen LogP contribution in [0, 0.1) is 0 Å². The monoisotopic (exact) mass is 231 g/mol. The molecule has 0 unspecified atom stereocenters. The van der Waals surface area contributed by atoms with Gasteiger partial charge in [0.25, 0.3) is 0 Å². The Bertz CT molecular complexity index is 536. The molecule has 2 N–H and O–H groups in total. The smallest absolute Gasteiger partial charge is 0.180 e. The third-order valence-electron chi connectivity index (χ3n) is 2.56. The summed E-state index contributed by atoms with van der Waals surface area (Å²) in [4.78, 5) is 8.81. The molecule has 0 saturated carbocycles. The Morgan fingerprint density at radius 2 is 1.94 bits per heavy atom. The van der Waals surface area contributed by atoms with Gasteiger partial charge in [-0.1, -0.05) is 20.8 Å². The second-order valence-electron chi connectivity index (χ2n) is 5.09. The quantitative estimate of drug-likeness (QED) is 0.811. The molecule has 0 saturated heterocycles. The third kappa shape index (κ3) is 2.27. The van der Waals surface area contributed by atoms with Crippen LogP contribution in [-0.2, 0) is 12.5 Å². The summed E-state index contributed by atoms with van der Waals surface area (Å²) in [6.07, 6.45) is 1.72. The normalized spacial score (nSPS) is 11.8. The number of anilines is 1. The van der Waals surface area contributed by atoms with E-state index in [-0.39, 0.29) is 5.41 Å². The van der Waals surface area contributed by atoms with Crippen molar-refractivity contribution >= 4 is 5.82 Å². The lowest BCUT2D eigenvalue weighted by molar-refractivity contribution is 0.568. The van der Waals surface area contributed by atoms with E-state index in [1.165, 1.54) is 0 Å². The fraction of sp³-hybridized carbons (Fsp3) is 0.417. The molecule has 0 aliphatic carbocycles. The second kappa shape index (κ2) is 3.84. The molecule has 0 aliphatic heterocycles. The number of hydrogen-bond acceptors (Lipinski definition) is 4. The van der Waals surface area contributed by atoms with Gasteiger partial charge in [-0.05, 0) is 6.07 Å². The molecule has 90 valence electrons. The van der Waals surface area contributed by atoms with Gasteiger partial charge in [0.1, 0.15) is 11.5 Å². The molecule has 0 bridgehead atoms. The predicted octanol–water partition coefficient (Wildman–Crippen LogP) is 1.76. The van der Waals surface area contributed by atoms with Crippen LogP contribution < -0.4 is 5.73 Å². The van der Waals surface area contributed by atoms with Gasteiger partial charge in [0.15, 0.2) is 5.82 Å². The van der Waals surface area contributed by atoms with E-state index in [0.29, 0.717) is 11.6 Å². The number of hydrogen-bond donors (Lipinski definition) is 1. The van der Waals surface area contributed by atoms with E-state index < -0.39 is 0 Å². The SMILES string of the molecule is Cn1nccc1-c1nc(N)cc(C(C)(C)C)n1. The molecular weight excluding hydrogens is 214 g/mol. The van der Waals surface area contributed by atoms with E-state index in [2.05, 4.69) is 35.8 Å². The molecule has 5 heteroatoms. The lowest BCUT2D eigenvalue weighted by atomic mass is 9.92. The highest BCUT2D eigenvalue weighted by molar-refractivity contribution is 5.52. The molecule has 5 nitrogen and oxygen atoms in total. The van der Waals surface area contributed by atoms with E-state index in [1.807, 2.05) is 19.2 Å². The van der Waals surface area contributed by atoms with Crippen LogP contribution in [0.5, 0.6) is 0 Å². The van der Waals surface area contributed by atoms with Crippen molar-refractivity contribution in [2.45, 2.75) is 26.2 Å². The van der Waals surface area contributed by atoms with Crippen molar-refractivity contribution in [3.63, 3.8) is 0 Å². The van der Waals surface area contributed by atoms with E-state index >= 15 is 0 Å². The lowest BCUT2D eigenvalue weighted by Gasteiger charge is -2.18. The Balaban J connectivity index is 2.57. The molecule has 0 fully saturated rings. The number of nitrogens with two attached hydrogens (primary N) is 1. The summed E-state index contributed by atoms with van der Waals surface area (Å²) in [5.74, 6) is 1.11. The number of rotatable bonds is 1. The van der Waals surface area contributed by atoms with Crippen molar-refractivity contribution in [1.29, 1.82) is 0 Å². The third-order valence-corrected chi connectivity index (χ3v) is 2.56. The average Bonchev–Trinajstić information content (AvgIpc) is 2.62. The van der Waals surface area contributed by atoms with E-state index in [0.717, 1.165) is 11.4 Å². The second-order valence-corrected chi connectivity index (χ2v) is 5.09. The van der Waals surface area contributed by atoms with Gasteiger partial charge in [0.2, 0.25) is 0 Å². The van der Waals surface area contributed by atoms with Crippen LogP contribution in [0.1, 0.15) is 26.5 Å². The van der Waals surface area contributed by atoms with Crippen LogP contribution in [0.4, 0.5) is 5.82 Å². The molecule has 0 atom stereocenters. The van der Waals surface area contributed by atoms with Crippen LogP contribution in [0.2, 0.25) is 0 Å². The van der Waals surface area contributed by atoms with Crippen molar-refractivity contribution in [3.8, 4) is 11.5 Å². The van der Waals surface area contributed by atoms with E-state index in [1.54, 1.807) is 10.9 Å². The Kier molecular flexibility index (Phi) is 2.61. The Morgan fingerprint density at radius 1 is 1.24 bits per heavy atom. The average molecular weight is 231 g/mol. The molecule has 2 aromatic rings. The fourth-order valence-corrected chi connectivity index (χ4v) is 1.56. The van der Waals surface area contributed by atoms with Gasteiger partial charge >= 0.3 is 0 Å². The standard InChI is InChI=1S/C12H17N5/c1-12(2,3)9-7-10(13)16-11(15-9)8-5-6-14-17(8)4/h5-7H,1-4H3,(H2,13,15,16). The van der Waals surface area contributed by atoms with Crippen molar-refractivity contribution in [2.75, 3.05) is 5.73 Å². The summed E-state index contributed by atoms with van der Waals surface area (Å²) in [5.41, 5.74) is 7.58. The maximum Gasteiger partial charge on any atom is 0.180 e. The largest absolute Gasteiger partial charge is 0.384 e. The van der Waals surface area contributed by atoms with Gasteiger partial charge < -0.3 is 5.73 Å². The first kappa shape index (κ1) is 11.6. The highest BCUT2D eigenvalue weighted by atomic mass is 15.3. The molecule has 0 aromatic carbocycles. The van der Waals surface area contributed by atoms with Crippen LogP contribution in [-0.4, -0.2) is 19.7 Å². The Morgan fingerprint density at radius 3 is 2.47 bits per heavy atom. The van der Waals surface area contributed by atoms with Gasteiger partial charge in [-0.3, -0.25) is 4.68 Å². The van der Waals surface area contributed by atoms with Crippen molar-refractivity contribution in [2.24, 2.45) is 7.05 Å². The highest BCUT2D eigenvalue weighted by Gasteiger charge is 2.18. The zero-order chi connectivity index (χ0) is 12.6. The topological polar surface area (TPSA) is 69.6 Å². The first-order chi connectivity index (χ1) is 7.88. The number of nitrogen functional groups attached to an aromatic ring is 1. The van der Waals surface area contributed by atoms with Gasteiger partial charge in [-0.15, -0.1) is 0 Å². The van der Waals surface area contributed by atoms with E-state index in [9.17, 15) is 0 Å². The first-order valence-corrected chi connectivity index (χ1v) is 5.51. The minimum Gasteiger partial charge on any atom is -0.384 e. The summed E-state index contributed by atoms with van der Waals surface area (Å²) in [5, 5.41) is 4.11. The highest BCUT2D eigenvalue weighted by Crippen LogP contribution is 2.24. The molecule has 2 aromatic heterocycles. The van der Waals surface area contributed by atoms with Crippen molar-refractivity contribution in [1.82, 2.24) is 19.7 Å². The minimum absolute atomic E-state index is 0.0512. The maximum absolute atomic E-state index is 5.83. The number of nitrogens with zero attached hydrogens (tertiary/aromatic N) is 4. The molecular formula is C12H17N5. The van der Waals surface area contributed by atoms with Crippen LogP contribution in [0.25, 0.3) is 11.5 Å². The van der Waals surface area contributed by atoms with Crippen LogP contribution in [0.3, 0.4) is 0 Å². The van der Waals surface area contributed by atoms with Crippen molar-refractivity contribution in [3.05, 3.63) is 24.0 Å². The molecule has 0 aliphatic rings. The van der Waals surface area contributed by atoms with Crippen LogP contribution >= 0.6 is 0 Å². The Labute approximate surface area is 101 Å². The van der Waals surface area contributed by atoms with Gasteiger partial charge in [0.05, 0.1) is 5.69 Å². The van der Waals surface area contributed by atoms with E-state index in [4.69, 9.17) is 5.73 Å². The fourth-order valence-electron chi connectivity index (χ4n) is 1.56. The molecule has 2 rings (SSSR count). The molecule has 0 amide bonds. The van der Waals surface area contributed by atoms with Gasteiger partial charge in [-0.25, -0.2) is 9.97 Å². The summed E-state index contributed by atoms with van der Waals surface area (Å²) in [7, 11) is 1.86. The summed E-state index contributed by atoms with van der Waals surface area (Å²) in [6, 6.07) is 3.70. The minimum atomic E-state index is -0.0512. The Hall–Kier alpha value is -1.91. The zero-order valence-electron chi connectivity index (χ0n) is 10.6.